The van der Waals surface area contributed by atoms with Gasteiger partial charge in [-0.3, -0.25) is 4.79 Å². The number of aromatic nitrogens is 1. The lowest BCUT2D eigenvalue weighted by Gasteiger charge is -2.17. The molecule has 0 unspecified atom stereocenters. The molecule has 1 aromatic heterocycles. The van der Waals surface area contributed by atoms with Gasteiger partial charge in [-0.2, -0.15) is 0 Å². The first-order valence-electron chi connectivity index (χ1n) is 9.56. The highest BCUT2D eigenvalue weighted by Crippen LogP contribution is 2.18. The predicted molar refractivity (Wildman–Crippen MR) is 110 cm³/mol. The molecule has 2 aromatic rings. The van der Waals surface area contributed by atoms with Crippen LogP contribution in [0, 0.1) is 0 Å². The van der Waals surface area contributed by atoms with Crippen LogP contribution in [-0.2, 0) is 21.3 Å². The van der Waals surface area contributed by atoms with Crippen LogP contribution in [-0.4, -0.2) is 52.7 Å². The first kappa shape index (κ1) is 21.2. The molecule has 1 aromatic carbocycles. The van der Waals surface area contributed by atoms with Gasteiger partial charge in [0.1, 0.15) is 5.82 Å². The molecule has 1 amide bonds. The van der Waals surface area contributed by atoms with E-state index >= 15 is 0 Å². The van der Waals surface area contributed by atoms with Crippen molar-refractivity contribution in [3.8, 4) is 0 Å². The maximum atomic E-state index is 12.5. The topological polar surface area (TPSA) is 101 Å². The number of anilines is 1. The fourth-order valence-electron chi connectivity index (χ4n) is 3.14. The zero-order valence-electron chi connectivity index (χ0n) is 16.4. The number of carbonyl (C=O) groups is 1. The van der Waals surface area contributed by atoms with E-state index < -0.39 is 10.0 Å². The molecule has 0 spiro atoms. The summed E-state index contributed by atoms with van der Waals surface area (Å²) in [5, 5.41) is 2.84. The standard InChI is InChI=1S/C20H26N4O4S/c1-28-12-9-23-29(26,27)18-6-4-5-17(14-18)20(25)22-15-16-7-8-21-19(13-16)24-10-2-3-11-24/h4-8,13-14,23H,2-3,9-12,15H2,1H3,(H,22,25). The van der Waals surface area contributed by atoms with Gasteiger partial charge in [0, 0.05) is 45.0 Å². The summed E-state index contributed by atoms with van der Waals surface area (Å²) < 4.78 is 31.9. The van der Waals surface area contributed by atoms with E-state index in [0.717, 1.165) is 24.5 Å². The molecule has 1 saturated heterocycles. The summed E-state index contributed by atoms with van der Waals surface area (Å²) in [6, 6.07) is 9.81. The summed E-state index contributed by atoms with van der Waals surface area (Å²) in [5.41, 5.74) is 1.23. The molecule has 156 valence electrons. The van der Waals surface area contributed by atoms with E-state index in [1.165, 1.54) is 32.1 Å². The number of hydrogen-bond acceptors (Lipinski definition) is 6. The summed E-state index contributed by atoms with van der Waals surface area (Å²) in [5.74, 6) is 0.586. The first-order chi connectivity index (χ1) is 14.0. The summed E-state index contributed by atoms with van der Waals surface area (Å²) in [7, 11) is -2.20. The van der Waals surface area contributed by atoms with Crippen molar-refractivity contribution in [1.82, 2.24) is 15.0 Å². The van der Waals surface area contributed by atoms with Crippen LogP contribution in [0.25, 0.3) is 0 Å². The minimum atomic E-state index is -3.69. The highest BCUT2D eigenvalue weighted by atomic mass is 32.2. The van der Waals surface area contributed by atoms with Gasteiger partial charge in [-0.25, -0.2) is 18.1 Å². The molecule has 8 nitrogen and oxygen atoms in total. The molecule has 0 radical (unpaired) electrons. The van der Waals surface area contributed by atoms with Crippen molar-refractivity contribution in [2.45, 2.75) is 24.3 Å². The molecule has 0 saturated carbocycles. The van der Waals surface area contributed by atoms with Crippen molar-refractivity contribution in [1.29, 1.82) is 0 Å². The predicted octanol–water partition coefficient (Wildman–Crippen LogP) is 1.54. The monoisotopic (exact) mass is 418 g/mol. The number of rotatable bonds is 9. The summed E-state index contributed by atoms with van der Waals surface area (Å²) in [6.45, 7) is 2.78. The van der Waals surface area contributed by atoms with Crippen LogP contribution in [0.2, 0.25) is 0 Å². The van der Waals surface area contributed by atoms with Crippen LogP contribution >= 0.6 is 0 Å². The first-order valence-corrected chi connectivity index (χ1v) is 11.0. The molecule has 1 aliphatic heterocycles. The minimum Gasteiger partial charge on any atom is -0.383 e. The Hall–Kier alpha value is -2.49. The van der Waals surface area contributed by atoms with Gasteiger partial charge >= 0.3 is 0 Å². The number of benzene rings is 1. The lowest BCUT2D eigenvalue weighted by molar-refractivity contribution is 0.0950. The van der Waals surface area contributed by atoms with Crippen LogP contribution in [0.15, 0.2) is 47.5 Å². The van der Waals surface area contributed by atoms with Crippen LogP contribution in [0.4, 0.5) is 5.82 Å². The van der Waals surface area contributed by atoms with E-state index in [2.05, 4.69) is 19.9 Å². The molecule has 9 heteroatoms. The van der Waals surface area contributed by atoms with Gasteiger partial charge in [0.2, 0.25) is 10.0 Å². The van der Waals surface area contributed by atoms with Crippen molar-refractivity contribution in [2.24, 2.45) is 0 Å². The second-order valence-electron chi connectivity index (χ2n) is 6.82. The third kappa shape index (κ3) is 5.75. The number of amides is 1. The lowest BCUT2D eigenvalue weighted by Crippen LogP contribution is -2.28. The molecule has 2 N–H and O–H groups in total. The van der Waals surface area contributed by atoms with Gasteiger partial charge in [-0.1, -0.05) is 6.07 Å². The van der Waals surface area contributed by atoms with E-state index in [1.807, 2.05) is 12.1 Å². The number of pyridine rings is 1. The fourth-order valence-corrected chi connectivity index (χ4v) is 4.20. The van der Waals surface area contributed by atoms with E-state index in [4.69, 9.17) is 4.74 Å². The van der Waals surface area contributed by atoms with E-state index in [-0.39, 0.29) is 29.5 Å². The Morgan fingerprint density at radius 3 is 2.76 bits per heavy atom. The van der Waals surface area contributed by atoms with Crippen molar-refractivity contribution in [2.75, 3.05) is 38.3 Å². The molecule has 0 atom stereocenters. The maximum Gasteiger partial charge on any atom is 0.251 e. The van der Waals surface area contributed by atoms with Crippen molar-refractivity contribution in [3.63, 3.8) is 0 Å². The van der Waals surface area contributed by atoms with Crippen LogP contribution in [0.5, 0.6) is 0 Å². The number of methoxy groups -OCH3 is 1. The van der Waals surface area contributed by atoms with Crippen molar-refractivity contribution >= 4 is 21.7 Å². The van der Waals surface area contributed by atoms with Crippen molar-refractivity contribution in [3.05, 3.63) is 53.7 Å². The molecule has 0 aliphatic carbocycles. The quantitative estimate of drug-likeness (QED) is 0.599. The van der Waals surface area contributed by atoms with Gasteiger partial charge < -0.3 is 15.0 Å². The SMILES string of the molecule is COCCNS(=O)(=O)c1cccc(C(=O)NCc2ccnc(N3CCCC3)c2)c1. The minimum absolute atomic E-state index is 0.0430. The highest BCUT2D eigenvalue weighted by molar-refractivity contribution is 7.89. The van der Waals surface area contributed by atoms with E-state index in [1.54, 1.807) is 18.3 Å². The number of sulfonamides is 1. The smallest absolute Gasteiger partial charge is 0.251 e. The molecule has 3 rings (SSSR count). The molecule has 2 heterocycles. The maximum absolute atomic E-state index is 12.5. The van der Waals surface area contributed by atoms with E-state index in [9.17, 15) is 13.2 Å². The fraction of sp³-hybridized carbons (Fsp3) is 0.400. The Labute approximate surface area is 171 Å². The van der Waals surface area contributed by atoms with E-state index in [0.29, 0.717) is 6.54 Å². The summed E-state index contributed by atoms with van der Waals surface area (Å²) >= 11 is 0. The Bertz CT molecular complexity index is 943. The number of carbonyl (C=O) groups excluding carboxylic acids is 1. The zero-order valence-corrected chi connectivity index (χ0v) is 17.2. The lowest BCUT2D eigenvalue weighted by atomic mass is 10.2. The Morgan fingerprint density at radius 1 is 1.21 bits per heavy atom. The molecule has 1 aliphatic rings. The largest absolute Gasteiger partial charge is 0.383 e. The number of hydrogen-bond donors (Lipinski definition) is 2. The van der Waals surface area contributed by atoms with Crippen LogP contribution in [0.3, 0.4) is 0 Å². The average Bonchev–Trinajstić information content (AvgIpc) is 3.27. The molecule has 1 fully saturated rings. The zero-order chi connectivity index (χ0) is 20.7. The summed E-state index contributed by atoms with van der Waals surface area (Å²) in [6.07, 6.45) is 4.08. The van der Waals surface area contributed by atoms with Gasteiger partial charge in [0.25, 0.3) is 5.91 Å². The molecular weight excluding hydrogens is 392 g/mol. The normalized spacial score (nSPS) is 14.2. The number of ether oxygens (including phenoxy) is 1. The Balaban J connectivity index is 1.63. The Kier molecular flexibility index (Phi) is 7.18. The van der Waals surface area contributed by atoms with Crippen LogP contribution in [0.1, 0.15) is 28.8 Å². The second kappa shape index (κ2) is 9.82. The van der Waals surface area contributed by atoms with Crippen molar-refractivity contribution < 1.29 is 17.9 Å². The number of nitrogens with zero attached hydrogens (tertiary/aromatic N) is 2. The van der Waals surface area contributed by atoms with Crippen LogP contribution < -0.4 is 14.9 Å². The average molecular weight is 419 g/mol. The van der Waals surface area contributed by atoms with Gasteiger partial charge in [-0.05, 0) is 48.7 Å². The second-order valence-corrected chi connectivity index (χ2v) is 8.58. The van der Waals surface area contributed by atoms with Gasteiger partial charge in [-0.15, -0.1) is 0 Å². The van der Waals surface area contributed by atoms with Gasteiger partial charge in [0.15, 0.2) is 0 Å². The third-order valence-corrected chi connectivity index (χ3v) is 6.16. The third-order valence-electron chi connectivity index (χ3n) is 4.70. The molecule has 0 bridgehead atoms. The Morgan fingerprint density at radius 2 is 2.00 bits per heavy atom. The molecule has 29 heavy (non-hydrogen) atoms. The number of nitrogens with one attached hydrogen (secondary N) is 2. The highest BCUT2D eigenvalue weighted by Gasteiger charge is 2.16. The molecular formula is C20H26N4O4S. The summed E-state index contributed by atoms with van der Waals surface area (Å²) in [4.78, 5) is 19.2. The van der Waals surface area contributed by atoms with Gasteiger partial charge in [0.05, 0.1) is 11.5 Å².